The number of carbonyl (C=O) groups excluding carboxylic acids is 1. The van der Waals surface area contributed by atoms with Crippen LogP contribution in [-0.4, -0.2) is 19.6 Å². The molecule has 0 fully saturated rings. The maximum Gasteiger partial charge on any atom is 0.237 e. The zero-order valence-electron chi connectivity index (χ0n) is 7.79. The first-order valence-electron chi connectivity index (χ1n) is 3.83. The van der Waals surface area contributed by atoms with E-state index in [1.165, 1.54) is 13.8 Å². The Morgan fingerprint density at radius 1 is 1.17 bits per heavy atom. The first-order chi connectivity index (χ1) is 5.27. The van der Waals surface area contributed by atoms with E-state index in [9.17, 15) is 13.2 Å². The van der Waals surface area contributed by atoms with Crippen molar-refractivity contribution in [1.29, 1.82) is 0 Å². The summed E-state index contributed by atoms with van der Waals surface area (Å²) in [7, 11) is -3.44. The summed E-state index contributed by atoms with van der Waals surface area (Å²) in [5.74, 6) is -0.762. The number of rotatable bonds is 3. The van der Waals surface area contributed by atoms with E-state index < -0.39 is 21.2 Å². The van der Waals surface area contributed by atoms with Crippen LogP contribution in [0.25, 0.3) is 0 Å². The molecule has 0 heterocycles. The van der Waals surface area contributed by atoms with Crippen molar-refractivity contribution in [2.24, 2.45) is 5.92 Å². The second kappa shape index (κ2) is 3.89. The zero-order chi connectivity index (χ0) is 9.94. The second-order valence-electron chi connectivity index (χ2n) is 3.21. The van der Waals surface area contributed by atoms with Crippen LogP contribution in [0.15, 0.2) is 0 Å². The first kappa shape index (κ1) is 11.4. The van der Waals surface area contributed by atoms with Crippen molar-refractivity contribution in [3.8, 4) is 0 Å². The lowest BCUT2D eigenvalue weighted by Crippen LogP contribution is -2.38. The summed E-state index contributed by atoms with van der Waals surface area (Å²) in [6.45, 7) is 6.34. The standard InChI is InChI=1S/C7H15NO3S/c1-5(2)7(9)8-12(10,11)6(3)4/h5-6H,1-4H3,(H,8,9). The Hall–Kier alpha value is -0.580. The van der Waals surface area contributed by atoms with E-state index >= 15 is 0 Å². The average Bonchev–Trinajstić information content (AvgIpc) is 1.85. The predicted molar refractivity (Wildman–Crippen MR) is 47.0 cm³/mol. The normalized spacial score (nSPS) is 12.2. The third kappa shape index (κ3) is 3.21. The van der Waals surface area contributed by atoms with Gasteiger partial charge in [0.15, 0.2) is 0 Å². The van der Waals surface area contributed by atoms with Gasteiger partial charge in [-0.15, -0.1) is 0 Å². The van der Waals surface area contributed by atoms with E-state index in [4.69, 9.17) is 0 Å². The molecule has 0 rings (SSSR count). The molecule has 1 amide bonds. The van der Waals surface area contributed by atoms with Gasteiger partial charge in [-0.05, 0) is 13.8 Å². The van der Waals surface area contributed by atoms with Crippen LogP contribution in [0.4, 0.5) is 0 Å². The molecule has 0 saturated heterocycles. The molecule has 72 valence electrons. The van der Waals surface area contributed by atoms with Crippen LogP contribution in [0, 0.1) is 5.92 Å². The van der Waals surface area contributed by atoms with Gasteiger partial charge in [0.2, 0.25) is 15.9 Å². The number of nitrogens with one attached hydrogen (secondary N) is 1. The molecule has 0 aromatic rings. The smallest absolute Gasteiger partial charge is 0.237 e. The number of hydrogen-bond acceptors (Lipinski definition) is 3. The molecule has 4 nitrogen and oxygen atoms in total. The minimum absolute atomic E-state index is 0.307. The van der Waals surface area contributed by atoms with Crippen molar-refractivity contribution < 1.29 is 13.2 Å². The molecular weight excluding hydrogens is 178 g/mol. The molecule has 0 aromatic heterocycles. The summed E-state index contributed by atoms with van der Waals surface area (Å²) >= 11 is 0. The van der Waals surface area contributed by atoms with Gasteiger partial charge in [0.1, 0.15) is 0 Å². The number of carbonyl (C=O) groups is 1. The summed E-state index contributed by atoms with van der Waals surface area (Å²) in [6, 6.07) is 0. The monoisotopic (exact) mass is 193 g/mol. The maximum atomic E-state index is 11.1. The quantitative estimate of drug-likeness (QED) is 0.709. The largest absolute Gasteiger partial charge is 0.274 e. The van der Waals surface area contributed by atoms with Crippen LogP contribution in [-0.2, 0) is 14.8 Å². The third-order valence-corrected chi connectivity index (χ3v) is 3.11. The van der Waals surface area contributed by atoms with Gasteiger partial charge in [-0.25, -0.2) is 8.42 Å². The molecule has 0 unspecified atom stereocenters. The SMILES string of the molecule is CC(C)C(=O)NS(=O)(=O)C(C)C. The molecule has 0 aromatic carbocycles. The average molecular weight is 193 g/mol. The molecule has 0 atom stereocenters. The van der Waals surface area contributed by atoms with Crippen molar-refractivity contribution in [2.75, 3.05) is 0 Å². The van der Waals surface area contributed by atoms with Gasteiger partial charge in [0, 0.05) is 5.92 Å². The molecule has 0 aliphatic carbocycles. The summed E-state index contributed by atoms with van der Waals surface area (Å²) in [6.07, 6.45) is 0. The molecule has 0 bridgehead atoms. The highest BCUT2D eigenvalue weighted by molar-refractivity contribution is 7.90. The lowest BCUT2D eigenvalue weighted by molar-refractivity contribution is -0.122. The van der Waals surface area contributed by atoms with Crippen molar-refractivity contribution in [1.82, 2.24) is 4.72 Å². The van der Waals surface area contributed by atoms with Crippen molar-refractivity contribution in [2.45, 2.75) is 32.9 Å². The molecular formula is C7H15NO3S. The highest BCUT2D eigenvalue weighted by atomic mass is 32.2. The Morgan fingerprint density at radius 2 is 1.58 bits per heavy atom. The Labute approximate surface area is 73.4 Å². The van der Waals surface area contributed by atoms with E-state index in [1.807, 2.05) is 4.72 Å². The number of hydrogen-bond donors (Lipinski definition) is 1. The topological polar surface area (TPSA) is 63.2 Å². The fourth-order valence-electron chi connectivity index (χ4n) is 0.376. The third-order valence-electron chi connectivity index (χ3n) is 1.39. The van der Waals surface area contributed by atoms with Crippen LogP contribution in [0.1, 0.15) is 27.7 Å². The Morgan fingerprint density at radius 3 is 1.83 bits per heavy atom. The van der Waals surface area contributed by atoms with Crippen molar-refractivity contribution >= 4 is 15.9 Å². The molecule has 0 spiro atoms. The minimum atomic E-state index is -3.44. The van der Waals surface area contributed by atoms with E-state index in [0.29, 0.717) is 0 Å². The van der Waals surface area contributed by atoms with E-state index in [0.717, 1.165) is 0 Å². The molecule has 12 heavy (non-hydrogen) atoms. The van der Waals surface area contributed by atoms with E-state index in [-0.39, 0.29) is 5.92 Å². The first-order valence-corrected chi connectivity index (χ1v) is 5.37. The van der Waals surface area contributed by atoms with Crippen LogP contribution in [0.3, 0.4) is 0 Å². The van der Waals surface area contributed by atoms with Crippen LogP contribution in [0.5, 0.6) is 0 Å². The second-order valence-corrected chi connectivity index (χ2v) is 5.45. The number of sulfonamides is 1. The molecule has 0 saturated carbocycles. The Kier molecular flexibility index (Phi) is 3.70. The van der Waals surface area contributed by atoms with Gasteiger partial charge in [-0.1, -0.05) is 13.8 Å². The fraction of sp³-hybridized carbons (Fsp3) is 0.857. The van der Waals surface area contributed by atoms with Gasteiger partial charge in [-0.3, -0.25) is 9.52 Å². The lowest BCUT2D eigenvalue weighted by Gasteiger charge is -2.10. The fourth-order valence-corrected chi connectivity index (χ4v) is 1.13. The highest BCUT2D eigenvalue weighted by Gasteiger charge is 2.20. The van der Waals surface area contributed by atoms with E-state index in [1.54, 1.807) is 13.8 Å². The highest BCUT2D eigenvalue weighted by Crippen LogP contribution is 1.99. The molecule has 0 radical (unpaired) electrons. The van der Waals surface area contributed by atoms with Crippen LogP contribution < -0.4 is 4.72 Å². The summed E-state index contributed by atoms with van der Waals surface area (Å²) in [5, 5.41) is -0.569. The molecule has 1 N–H and O–H groups in total. The van der Waals surface area contributed by atoms with Crippen molar-refractivity contribution in [3.63, 3.8) is 0 Å². The van der Waals surface area contributed by atoms with Crippen LogP contribution >= 0.6 is 0 Å². The van der Waals surface area contributed by atoms with Gasteiger partial charge in [0.25, 0.3) is 0 Å². The lowest BCUT2D eigenvalue weighted by atomic mass is 10.2. The van der Waals surface area contributed by atoms with Gasteiger partial charge < -0.3 is 0 Å². The summed E-state index contributed by atoms with van der Waals surface area (Å²) in [4.78, 5) is 11.0. The van der Waals surface area contributed by atoms with Crippen molar-refractivity contribution in [3.05, 3.63) is 0 Å². The molecule has 5 heteroatoms. The Balaban J connectivity index is 4.38. The summed E-state index contributed by atoms with van der Waals surface area (Å²) < 4.78 is 24.2. The summed E-state index contributed by atoms with van der Waals surface area (Å²) in [5.41, 5.74) is 0. The van der Waals surface area contributed by atoms with E-state index in [2.05, 4.69) is 0 Å². The minimum Gasteiger partial charge on any atom is -0.274 e. The molecule has 0 aliphatic heterocycles. The van der Waals surface area contributed by atoms with Gasteiger partial charge in [-0.2, -0.15) is 0 Å². The van der Waals surface area contributed by atoms with Gasteiger partial charge in [0.05, 0.1) is 5.25 Å². The molecule has 0 aliphatic rings. The Bertz CT molecular complexity index is 254. The van der Waals surface area contributed by atoms with Crippen LogP contribution in [0.2, 0.25) is 0 Å². The van der Waals surface area contributed by atoms with Gasteiger partial charge >= 0.3 is 0 Å². The zero-order valence-corrected chi connectivity index (χ0v) is 8.60. The number of amides is 1. The maximum absolute atomic E-state index is 11.1. The predicted octanol–water partition coefficient (Wildman–Crippen LogP) is 0.497.